The SMILES string of the molecule is CCC1C(=O)NCCN1C(=O)C1(C)CCCNC1. The van der Waals surface area contributed by atoms with E-state index in [1.807, 2.05) is 13.8 Å². The summed E-state index contributed by atoms with van der Waals surface area (Å²) in [5, 5.41) is 6.13. The lowest BCUT2D eigenvalue weighted by molar-refractivity contribution is -0.151. The molecule has 0 spiro atoms. The van der Waals surface area contributed by atoms with Crippen LogP contribution in [0.2, 0.25) is 0 Å². The summed E-state index contributed by atoms with van der Waals surface area (Å²) in [4.78, 5) is 26.3. The van der Waals surface area contributed by atoms with E-state index in [1.54, 1.807) is 4.90 Å². The number of carbonyl (C=O) groups is 2. The first-order chi connectivity index (χ1) is 8.58. The molecule has 0 aromatic rings. The van der Waals surface area contributed by atoms with Crippen LogP contribution >= 0.6 is 0 Å². The number of amides is 2. The Labute approximate surface area is 108 Å². The Bertz CT molecular complexity index is 337. The second-order valence-electron chi connectivity index (χ2n) is 5.55. The van der Waals surface area contributed by atoms with E-state index in [2.05, 4.69) is 10.6 Å². The number of piperazine rings is 1. The number of hydrogen-bond donors (Lipinski definition) is 2. The Balaban J connectivity index is 2.13. The third kappa shape index (κ3) is 2.36. The van der Waals surface area contributed by atoms with Crippen molar-refractivity contribution in [1.29, 1.82) is 0 Å². The second kappa shape index (κ2) is 5.26. The van der Waals surface area contributed by atoms with Crippen LogP contribution in [0.3, 0.4) is 0 Å². The van der Waals surface area contributed by atoms with E-state index in [0.717, 1.165) is 25.9 Å². The number of hydrogen-bond acceptors (Lipinski definition) is 3. The minimum Gasteiger partial charge on any atom is -0.353 e. The zero-order chi connectivity index (χ0) is 13.2. The Morgan fingerprint density at radius 1 is 1.50 bits per heavy atom. The van der Waals surface area contributed by atoms with Gasteiger partial charge in [0.25, 0.3) is 0 Å². The Morgan fingerprint density at radius 3 is 2.89 bits per heavy atom. The van der Waals surface area contributed by atoms with Crippen LogP contribution in [-0.4, -0.2) is 48.9 Å². The van der Waals surface area contributed by atoms with Crippen molar-refractivity contribution < 1.29 is 9.59 Å². The molecule has 2 aliphatic rings. The average Bonchev–Trinajstić information content (AvgIpc) is 2.38. The van der Waals surface area contributed by atoms with Gasteiger partial charge in [-0.15, -0.1) is 0 Å². The molecule has 2 atom stereocenters. The maximum atomic E-state index is 12.7. The largest absolute Gasteiger partial charge is 0.353 e. The monoisotopic (exact) mass is 253 g/mol. The van der Waals surface area contributed by atoms with Crippen LogP contribution < -0.4 is 10.6 Å². The zero-order valence-electron chi connectivity index (χ0n) is 11.3. The predicted molar refractivity (Wildman–Crippen MR) is 69.0 cm³/mol. The number of nitrogens with zero attached hydrogens (tertiary/aromatic N) is 1. The van der Waals surface area contributed by atoms with Crippen molar-refractivity contribution in [2.75, 3.05) is 26.2 Å². The molecule has 0 bridgehead atoms. The van der Waals surface area contributed by atoms with Crippen molar-refractivity contribution in [3.63, 3.8) is 0 Å². The minimum absolute atomic E-state index is 0.00975. The maximum absolute atomic E-state index is 12.7. The molecule has 2 rings (SSSR count). The van der Waals surface area contributed by atoms with Gasteiger partial charge in [0.15, 0.2) is 0 Å². The summed E-state index contributed by atoms with van der Waals surface area (Å²) in [5.74, 6) is 0.126. The van der Waals surface area contributed by atoms with Gasteiger partial charge in [-0.1, -0.05) is 6.92 Å². The van der Waals surface area contributed by atoms with Gasteiger partial charge < -0.3 is 15.5 Å². The van der Waals surface area contributed by atoms with E-state index in [1.165, 1.54) is 0 Å². The van der Waals surface area contributed by atoms with Crippen molar-refractivity contribution in [1.82, 2.24) is 15.5 Å². The molecule has 2 heterocycles. The number of carbonyl (C=O) groups excluding carboxylic acids is 2. The number of piperidine rings is 1. The summed E-state index contributed by atoms with van der Waals surface area (Å²) >= 11 is 0. The lowest BCUT2D eigenvalue weighted by atomic mass is 9.80. The quantitative estimate of drug-likeness (QED) is 0.734. The molecule has 18 heavy (non-hydrogen) atoms. The first-order valence-corrected chi connectivity index (χ1v) is 6.88. The van der Waals surface area contributed by atoms with Crippen molar-refractivity contribution >= 4 is 11.8 Å². The van der Waals surface area contributed by atoms with E-state index in [9.17, 15) is 9.59 Å². The van der Waals surface area contributed by atoms with Crippen LogP contribution in [0.5, 0.6) is 0 Å². The fourth-order valence-corrected chi connectivity index (χ4v) is 2.95. The van der Waals surface area contributed by atoms with Crippen LogP contribution in [0, 0.1) is 5.41 Å². The Hall–Kier alpha value is -1.10. The average molecular weight is 253 g/mol. The molecule has 0 aliphatic carbocycles. The van der Waals surface area contributed by atoms with Gasteiger partial charge in [-0.05, 0) is 32.7 Å². The van der Waals surface area contributed by atoms with E-state index in [0.29, 0.717) is 19.5 Å². The van der Waals surface area contributed by atoms with Crippen LogP contribution in [0.15, 0.2) is 0 Å². The van der Waals surface area contributed by atoms with Gasteiger partial charge in [-0.2, -0.15) is 0 Å². The van der Waals surface area contributed by atoms with Crippen molar-refractivity contribution in [3.8, 4) is 0 Å². The third-order valence-electron chi connectivity index (χ3n) is 4.09. The number of nitrogens with one attached hydrogen (secondary N) is 2. The molecule has 0 aromatic heterocycles. The van der Waals surface area contributed by atoms with Crippen LogP contribution in [0.1, 0.15) is 33.1 Å². The van der Waals surface area contributed by atoms with Gasteiger partial charge in [0.05, 0.1) is 5.41 Å². The van der Waals surface area contributed by atoms with Crippen molar-refractivity contribution in [2.24, 2.45) is 5.41 Å². The summed E-state index contributed by atoms with van der Waals surface area (Å²) in [5.41, 5.74) is -0.344. The molecule has 2 amide bonds. The smallest absolute Gasteiger partial charge is 0.242 e. The fraction of sp³-hybridized carbons (Fsp3) is 0.846. The van der Waals surface area contributed by atoms with Crippen LogP contribution in [-0.2, 0) is 9.59 Å². The Morgan fingerprint density at radius 2 is 2.28 bits per heavy atom. The molecule has 2 N–H and O–H groups in total. The van der Waals surface area contributed by atoms with Crippen LogP contribution in [0.4, 0.5) is 0 Å². The van der Waals surface area contributed by atoms with E-state index in [4.69, 9.17) is 0 Å². The van der Waals surface area contributed by atoms with Crippen molar-refractivity contribution in [3.05, 3.63) is 0 Å². The molecule has 0 saturated carbocycles. The van der Waals surface area contributed by atoms with Gasteiger partial charge in [0.1, 0.15) is 6.04 Å². The summed E-state index contributed by atoms with van der Waals surface area (Å²) in [6.07, 6.45) is 2.62. The van der Waals surface area contributed by atoms with E-state index in [-0.39, 0.29) is 23.3 Å². The topological polar surface area (TPSA) is 61.4 Å². The molecule has 102 valence electrons. The third-order valence-corrected chi connectivity index (χ3v) is 4.09. The van der Waals surface area contributed by atoms with Gasteiger partial charge in [-0.3, -0.25) is 9.59 Å². The minimum atomic E-state index is -0.344. The first kappa shape index (κ1) is 13.3. The fourth-order valence-electron chi connectivity index (χ4n) is 2.95. The van der Waals surface area contributed by atoms with Gasteiger partial charge in [0.2, 0.25) is 11.8 Å². The highest BCUT2D eigenvalue weighted by Gasteiger charge is 2.42. The summed E-state index contributed by atoms with van der Waals surface area (Å²) < 4.78 is 0. The van der Waals surface area contributed by atoms with E-state index < -0.39 is 0 Å². The lowest BCUT2D eigenvalue weighted by Gasteiger charge is -2.42. The molecular weight excluding hydrogens is 230 g/mol. The molecule has 2 saturated heterocycles. The van der Waals surface area contributed by atoms with Gasteiger partial charge in [0, 0.05) is 19.6 Å². The maximum Gasteiger partial charge on any atom is 0.242 e. The van der Waals surface area contributed by atoms with Crippen molar-refractivity contribution in [2.45, 2.75) is 39.2 Å². The lowest BCUT2D eigenvalue weighted by Crippen LogP contribution is -2.61. The molecule has 0 aromatic carbocycles. The summed E-state index contributed by atoms with van der Waals surface area (Å²) in [6.45, 7) is 6.89. The molecule has 0 radical (unpaired) electrons. The summed E-state index contributed by atoms with van der Waals surface area (Å²) in [7, 11) is 0. The molecular formula is C13H23N3O2. The second-order valence-corrected chi connectivity index (χ2v) is 5.55. The highest BCUT2D eigenvalue weighted by atomic mass is 16.2. The van der Waals surface area contributed by atoms with E-state index >= 15 is 0 Å². The molecule has 2 fully saturated rings. The predicted octanol–water partition coefficient (Wildman–Crippen LogP) is 0.113. The number of rotatable bonds is 2. The molecule has 5 nitrogen and oxygen atoms in total. The summed E-state index contributed by atoms with van der Waals surface area (Å²) in [6, 6.07) is -0.287. The van der Waals surface area contributed by atoms with Crippen LogP contribution in [0.25, 0.3) is 0 Å². The van der Waals surface area contributed by atoms with Gasteiger partial charge >= 0.3 is 0 Å². The highest BCUT2D eigenvalue weighted by molar-refractivity contribution is 5.91. The standard InChI is InChI=1S/C13H23N3O2/c1-3-10-11(17)15-7-8-16(10)12(18)13(2)5-4-6-14-9-13/h10,14H,3-9H2,1-2H3,(H,15,17). The Kier molecular flexibility index (Phi) is 3.90. The highest BCUT2D eigenvalue weighted by Crippen LogP contribution is 2.29. The normalized spacial score (nSPS) is 33.1. The van der Waals surface area contributed by atoms with Gasteiger partial charge in [-0.25, -0.2) is 0 Å². The molecule has 2 unspecified atom stereocenters. The molecule has 5 heteroatoms. The first-order valence-electron chi connectivity index (χ1n) is 6.88. The zero-order valence-corrected chi connectivity index (χ0v) is 11.3. The molecule has 2 aliphatic heterocycles.